The Bertz CT molecular complexity index is 576. The van der Waals surface area contributed by atoms with E-state index in [-0.39, 0.29) is 12.3 Å². The summed E-state index contributed by atoms with van der Waals surface area (Å²) < 4.78 is 33.3. The molecule has 0 amide bonds. The van der Waals surface area contributed by atoms with Crippen LogP contribution in [0.15, 0.2) is 42.6 Å². The van der Waals surface area contributed by atoms with E-state index in [0.29, 0.717) is 11.6 Å². The van der Waals surface area contributed by atoms with Crippen LogP contribution in [0.4, 0.5) is 14.6 Å². The third-order valence-electron chi connectivity index (χ3n) is 2.94. The van der Waals surface area contributed by atoms with Crippen LogP contribution in [0.2, 0.25) is 0 Å². The Morgan fingerprint density at radius 3 is 2.36 bits per heavy atom. The SMILES string of the molecule is COc1ccc(C(O)CNc2ccc(OC(F)F)cn2)cc1. The van der Waals surface area contributed by atoms with E-state index in [4.69, 9.17) is 4.74 Å². The first kappa shape index (κ1) is 16.0. The van der Waals surface area contributed by atoms with Crippen molar-refractivity contribution in [3.05, 3.63) is 48.2 Å². The number of alkyl halides is 2. The molecular weight excluding hydrogens is 294 g/mol. The van der Waals surface area contributed by atoms with Gasteiger partial charge in [0.1, 0.15) is 17.3 Å². The number of rotatable bonds is 7. The second kappa shape index (κ2) is 7.56. The van der Waals surface area contributed by atoms with Crippen molar-refractivity contribution in [1.82, 2.24) is 4.98 Å². The molecular formula is C15H16F2N2O3. The first-order valence-corrected chi connectivity index (χ1v) is 6.55. The van der Waals surface area contributed by atoms with Crippen LogP contribution in [0.3, 0.4) is 0 Å². The van der Waals surface area contributed by atoms with Gasteiger partial charge in [0, 0.05) is 6.54 Å². The number of halogens is 2. The molecule has 5 nitrogen and oxygen atoms in total. The maximum absolute atomic E-state index is 12.0. The molecule has 0 radical (unpaired) electrons. The number of aliphatic hydroxyl groups excluding tert-OH is 1. The van der Waals surface area contributed by atoms with E-state index in [1.807, 2.05) is 0 Å². The zero-order valence-electron chi connectivity index (χ0n) is 11.9. The molecule has 0 aliphatic rings. The summed E-state index contributed by atoms with van der Waals surface area (Å²) in [7, 11) is 1.57. The number of ether oxygens (including phenoxy) is 2. The van der Waals surface area contributed by atoms with E-state index in [9.17, 15) is 13.9 Å². The van der Waals surface area contributed by atoms with Crippen molar-refractivity contribution in [2.45, 2.75) is 12.7 Å². The van der Waals surface area contributed by atoms with Gasteiger partial charge in [0.25, 0.3) is 0 Å². The zero-order valence-corrected chi connectivity index (χ0v) is 11.9. The largest absolute Gasteiger partial charge is 0.497 e. The second-order valence-electron chi connectivity index (χ2n) is 4.43. The summed E-state index contributed by atoms with van der Waals surface area (Å²) in [6, 6.07) is 9.91. The van der Waals surface area contributed by atoms with E-state index in [0.717, 1.165) is 5.56 Å². The molecule has 0 saturated heterocycles. The molecule has 118 valence electrons. The third-order valence-corrected chi connectivity index (χ3v) is 2.94. The monoisotopic (exact) mass is 310 g/mol. The molecule has 1 aromatic heterocycles. The van der Waals surface area contributed by atoms with Gasteiger partial charge in [0.15, 0.2) is 0 Å². The highest BCUT2D eigenvalue weighted by Crippen LogP contribution is 2.19. The number of methoxy groups -OCH3 is 1. The van der Waals surface area contributed by atoms with E-state index in [1.54, 1.807) is 31.4 Å². The summed E-state index contributed by atoms with van der Waals surface area (Å²) in [4.78, 5) is 3.92. The standard InChI is InChI=1S/C15H16F2N2O3/c1-21-11-4-2-10(3-5-11)13(20)9-19-14-7-6-12(8-18-14)22-15(16)17/h2-8,13,15,20H,9H2,1H3,(H,18,19). The van der Waals surface area contributed by atoms with Gasteiger partial charge in [-0.15, -0.1) is 0 Å². The molecule has 0 aliphatic heterocycles. The average molecular weight is 310 g/mol. The molecule has 0 spiro atoms. The number of hydrogen-bond acceptors (Lipinski definition) is 5. The lowest BCUT2D eigenvalue weighted by Crippen LogP contribution is -2.13. The van der Waals surface area contributed by atoms with Crippen LogP contribution in [0.5, 0.6) is 11.5 Å². The molecule has 1 atom stereocenters. The van der Waals surface area contributed by atoms with Crippen molar-refractivity contribution in [2.75, 3.05) is 19.0 Å². The smallest absolute Gasteiger partial charge is 0.387 e. The molecule has 0 aliphatic carbocycles. The topological polar surface area (TPSA) is 63.6 Å². The van der Waals surface area contributed by atoms with Gasteiger partial charge in [0.2, 0.25) is 0 Å². The Morgan fingerprint density at radius 2 is 1.82 bits per heavy atom. The van der Waals surface area contributed by atoms with Gasteiger partial charge in [0.05, 0.1) is 19.4 Å². The average Bonchev–Trinajstić information content (AvgIpc) is 2.53. The van der Waals surface area contributed by atoms with E-state index < -0.39 is 12.7 Å². The predicted molar refractivity (Wildman–Crippen MR) is 77.3 cm³/mol. The van der Waals surface area contributed by atoms with Crippen LogP contribution < -0.4 is 14.8 Å². The Labute approximate surface area is 126 Å². The number of nitrogens with zero attached hydrogens (tertiary/aromatic N) is 1. The van der Waals surface area contributed by atoms with E-state index >= 15 is 0 Å². The Balaban J connectivity index is 1.88. The normalized spacial score (nSPS) is 12.0. The molecule has 0 saturated carbocycles. The number of pyridine rings is 1. The fourth-order valence-electron chi connectivity index (χ4n) is 1.80. The summed E-state index contributed by atoms with van der Waals surface area (Å²) in [5, 5.41) is 13.0. The fourth-order valence-corrected chi connectivity index (χ4v) is 1.80. The summed E-state index contributed by atoms with van der Waals surface area (Å²) >= 11 is 0. The van der Waals surface area contributed by atoms with E-state index in [2.05, 4.69) is 15.0 Å². The highest BCUT2D eigenvalue weighted by molar-refractivity contribution is 5.38. The number of aromatic nitrogens is 1. The molecule has 2 N–H and O–H groups in total. The Morgan fingerprint density at radius 1 is 1.14 bits per heavy atom. The van der Waals surface area contributed by atoms with Crippen LogP contribution in [-0.2, 0) is 0 Å². The number of benzene rings is 1. The lowest BCUT2D eigenvalue weighted by molar-refractivity contribution is -0.0500. The van der Waals surface area contributed by atoms with Gasteiger partial charge in [-0.1, -0.05) is 12.1 Å². The summed E-state index contributed by atoms with van der Waals surface area (Å²) in [6.45, 7) is -2.65. The lowest BCUT2D eigenvalue weighted by Gasteiger charge is -2.13. The van der Waals surface area contributed by atoms with Crippen molar-refractivity contribution in [3.63, 3.8) is 0 Å². The number of anilines is 1. The molecule has 1 heterocycles. The first-order chi connectivity index (χ1) is 10.6. The minimum absolute atomic E-state index is 0.0174. The van der Waals surface area contributed by atoms with Crippen LogP contribution in [0.25, 0.3) is 0 Å². The first-order valence-electron chi connectivity index (χ1n) is 6.55. The molecule has 22 heavy (non-hydrogen) atoms. The van der Waals surface area contributed by atoms with Gasteiger partial charge < -0.3 is 19.9 Å². The maximum atomic E-state index is 12.0. The Kier molecular flexibility index (Phi) is 5.48. The lowest BCUT2D eigenvalue weighted by atomic mass is 10.1. The van der Waals surface area contributed by atoms with Crippen molar-refractivity contribution >= 4 is 5.82 Å². The number of aliphatic hydroxyl groups is 1. The highest BCUT2D eigenvalue weighted by Gasteiger charge is 2.08. The van der Waals surface area contributed by atoms with Gasteiger partial charge in [-0.3, -0.25) is 0 Å². The van der Waals surface area contributed by atoms with Crippen LogP contribution >= 0.6 is 0 Å². The quantitative estimate of drug-likeness (QED) is 0.823. The molecule has 1 unspecified atom stereocenters. The molecule has 0 fully saturated rings. The maximum Gasteiger partial charge on any atom is 0.387 e. The second-order valence-corrected chi connectivity index (χ2v) is 4.43. The number of hydrogen-bond donors (Lipinski definition) is 2. The minimum Gasteiger partial charge on any atom is -0.497 e. The Hall–Kier alpha value is -2.41. The molecule has 1 aromatic carbocycles. The van der Waals surface area contributed by atoms with Crippen LogP contribution in [0, 0.1) is 0 Å². The summed E-state index contributed by atoms with van der Waals surface area (Å²) in [6.07, 6.45) is 0.457. The van der Waals surface area contributed by atoms with Crippen molar-refractivity contribution in [2.24, 2.45) is 0 Å². The molecule has 2 aromatic rings. The van der Waals surface area contributed by atoms with Crippen LogP contribution in [-0.4, -0.2) is 30.4 Å². The highest BCUT2D eigenvalue weighted by atomic mass is 19.3. The summed E-state index contributed by atoms with van der Waals surface area (Å²) in [5.74, 6) is 1.14. The third kappa shape index (κ3) is 4.56. The molecule has 0 bridgehead atoms. The summed E-state index contributed by atoms with van der Waals surface area (Å²) in [5.41, 5.74) is 0.728. The minimum atomic E-state index is -2.88. The molecule has 7 heteroatoms. The van der Waals surface area contributed by atoms with Gasteiger partial charge in [-0.05, 0) is 29.8 Å². The van der Waals surface area contributed by atoms with Crippen molar-refractivity contribution in [1.29, 1.82) is 0 Å². The number of nitrogens with one attached hydrogen (secondary N) is 1. The predicted octanol–water partition coefficient (Wildman–Crippen LogP) is 2.84. The zero-order chi connectivity index (χ0) is 15.9. The fraction of sp³-hybridized carbons (Fsp3) is 0.267. The molecule has 2 rings (SSSR count). The van der Waals surface area contributed by atoms with E-state index in [1.165, 1.54) is 18.3 Å². The van der Waals surface area contributed by atoms with Gasteiger partial charge in [-0.25, -0.2) is 4.98 Å². The van der Waals surface area contributed by atoms with Crippen molar-refractivity contribution < 1.29 is 23.4 Å². The van der Waals surface area contributed by atoms with Crippen LogP contribution in [0.1, 0.15) is 11.7 Å². The van der Waals surface area contributed by atoms with Gasteiger partial charge >= 0.3 is 6.61 Å². The van der Waals surface area contributed by atoms with Crippen molar-refractivity contribution in [3.8, 4) is 11.5 Å². The van der Waals surface area contributed by atoms with Gasteiger partial charge in [-0.2, -0.15) is 8.78 Å².